The van der Waals surface area contributed by atoms with E-state index in [1.807, 2.05) is 0 Å². The van der Waals surface area contributed by atoms with Crippen LogP contribution in [0.5, 0.6) is 5.75 Å². The van der Waals surface area contributed by atoms with Gasteiger partial charge in [-0.1, -0.05) is 0 Å². The number of hydrogen-bond donors (Lipinski definition) is 1. The Bertz CT molecular complexity index is 840. The molecule has 0 aliphatic carbocycles. The summed E-state index contributed by atoms with van der Waals surface area (Å²) in [6.07, 6.45) is 0. The largest absolute Gasteiger partial charge is 0.495 e. The van der Waals surface area contributed by atoms with Gasteiger partial charge in [0.1, 0.15) is 16.8 Å². The van der Waals surface area contributed by atoms with Crippen LogP contribution in [0.1, 0.15) is 10.4 Å². The third kappa shape index (κ3) is 2.32. The molecule has 0 aliphatic rings. The summed E-state index contributed by atoms with van der Waals surface area (Å²) in [7, 11) is 2.89. The molecule has 0 radical (unpaired) electrons. The Morgan fingerprint density at radius 1 is 1.09 bits per heavy atom. The molecule has 112 valence electrons. The number of nitrogens with zero attached hydrogens (tertiary/aromatic N) is 3. The quantitative estimate of drug-likeness (QED) is 0.585. The normalized spacial score (nSPS) is 10.6. The van der Waals surface area contributed by atoms with E-state index in [0.29, 0.717) is 28.0 Å². The Hall–Kier alpha value is -3.09. The molecule has 0 amide bonds. The van der Waals surface area contributed by atoms with Gasteiger partial charge < -0.3 is 15.2 Å². The zero-order chi connectivity index (χ0) is 15.7. The number of nitrogen functional groups attached to an aromatic ring is 1. The molecule has 22 heavy (non-hydrogen) atoms. The number of ether oxygens (including phenoxy) is 2. The molecule has 3 aromatic rings. The summed E-state index contributed by atoms with van der Waals surface area (Å²) < 4.78 is 9.83. The number of methoxy groups -OCH3 is 2. The van der Waals surface area contributed by atoms with Crippen molar-refractivity contribution < 1.29 is 14.3 Å². The minimum absolute atomic E-state index is 0.386. The van der Waals surface area contributed by atoms with Gasteiger partial charge in [-0.05, 0) is 30.3 Å². The second-order valence-corrected chi connectivity index (χ2v) is 4.61. The molecule has 0 fully saturated rings. The molecule has 2 aromatic carbocycles. The number of aromatic nitrogens is 3. The molecular formula is C15H14N4O3. The highest BCUT2D eigenvalue weighted by Crippen LogP contribution is 2.26. The van der Waals surface area contributed by atoms with Crippen molar-refractivity contribution in [1.29, 1.82) is 0 Å². The summed E-state index contributed by atoms with van der Waals surface area (Å²) in [5, 5.41) is 8.75. The van der Waals surface area contributed by atoms with Crippen molar-refractivity contribution >= 4 is 22.7 Å². The molecule has 0 bridgehead atoms. The lowest BCUT2D eigenvalue weighted by Gasteiger charge is -2.01. The van der Waals surface area contributed by atoms with Crippen LogP contribution in [0.25, 0.3) is 16.7 Å². The monoisotopic (exact) mass is 298 g/mol. The molecule has 0 atom stereocenters. The number of rotatable bonds is 3. The van der Waals surface area contributed by atoms with Crippen molar-refractivity contribution in [2.24, 2.45) is 0 Å². The molecule has 7 nitrogen and oxygen atoms in total. The van der Waals surface area contributed by atoms with Gasteiger partial charge in [-0.2, -0.15) is 4.80 Å². The van der Waals surface area contributed by atoms with E-state index in [-0.39, 0.29) is 5.97 Å². The van der Waals surface area contributed by atoms with Crippen molar-refractivity contribution in [3.63, 3.8) is 0 Å². The van der Waals surface area contributed by atoms with Gasteiger partial charge in [0, 0.05) is 6.07 Å². The van der Waals surface area contributed by atoms with E-state index >= 15 is 0 Å². The Labute approximate surface area is 126 Å². The topological polar surface area (TPSA) is 92.3 Å². The lowest BCUT2D eigenvalue weighted by atomic mass is 10.2. The second-order valence-electron chi connectivity index (χ2n) is 4.61. The van der Waals surface area contributed by atoms with Gasteiger partial charge in [-0.15, -0.1) is 10.2 Å². The second kappa shape index (κ2) is 5.36. The predicted molar refractivity (Wildman–Crippen MR) is 81.2 cm³/mol. The number of nitrogens with two attached hydrogens (primary N) is 1. The highest BCUT2D eigenvalue weighted by Gasteiger charge is 2.10. The number of carbonyl (C=O) groups excluding carboxylic acids is 1. The zero-order valence-corrected chi connectivity index (χ0v) is 12.1. The lowest BCUT2D eigenvalue weighted by Crippen LogP contribution is -2.03. The highest BCUT2D eigenvalue weighted by atomic mass is 16.5. The molecule has 0 saturated carbocycles. The van der Waals surface area contributed by atoms with E-state index in [1.54, 1.807) is 43.5 Å². The Balaban J connectivity index is 2.01. The molecular weight excluding hydrogens is 284 g/mol. The van der Waals surface area contributed by atoms with Gasteiger partial charge in [0.25, 0.3) is 0 Å². The number of benzene rings is 2. The molecule has 1 aromatic heterocycles. The molecule has 0 unspecified atom stereocenters. The molecule has 0 saturated heterocycles. The summed E-state index contributed by atoms with van der Waals surface area (Å²) in [6.45, 7) is 0. The number of hydrogen-bond acceptors (Lipinski definition) is 6. The van der Waals surface area contributed by atoms with E-state index in [4.69, 9.17) is 10.5 Å². The fraction of sp³-hybridized carbons (Fsp3) is 0.133. The van der Waals surface area contributed by atoms with Crippen LogP contribution in [0.15, 0.2) is 36.4 Å². The van der Waals surface area contributed by atoms with Crippen LogP contribution in [-0.4, -0.2) is 35.2 Å². The Kier molecular flexibility index (Phi) is 3.38. The van der Waals surface area contributed by atoms with Gasteiger partial charge in [0.15, 0.2) is 0 Å². The van der Waals surface area contributed by atoms with Crippen LogP contribution in [0, 0.1) is 0 Å². The Morgan fingerprint density at radius 2 is 1.73 bits per heavy atom. The SMILES string of the molecule is COC(=O)c1ccc(-n2nc3cc(N)c(OC)cc3n2)cc1. The van der Waals surface area contributed by atoms with Crippen molar-refractivity contribution in [2.75, 3.05) is 20.0 Å². The minimum atomic E-state index is -0.386. The van der Waals surface area contributed by atoms with E-state index in [0.717, 1.165) is 5.69 Å². The zero-order valence-electron chi connectivity index (χ0n) is 12.1. The number of esters is 1. The average molecular weight is 298 g/mol. The molecule has 0 spiro atoms. The molecule has 7 heteroatoms. The third-order valence-electron chi connectivity index (χ3n) is 3.25. The van der Waals surface area contributed by atoms with Gasteiger partial charge in [-0.3, -0.25) is 0 Å². The van der Waals surface area contributed by atoms with Crippen molar-refractivity contribution in [2.45, 2.75) is 0 Å². The fourth-order valence-corrected chi connectivity index (χ4v) is 2.10. The Morgan fingerprint density at radius 3 is 2.32 bits per heavy atom. The molecule has 2 N–H and O–H groups in total. The first kappa shape index (κ1) is 13.9. The summed E-state index contributed by atoms with van der Waals surface area (Å²) >= 11 is 0. The maximum absolute atomic E-state index is 11.4. The van der Waals surface area contributed by atoms with Crippen LogP contribution in [-0.2, 0) is 4.74 Å². The van der Waals surface area contributed by atoms with Gasteiger partial charge in [0.2, 0.25) is 0 Å². The third-order valence-corrected chi connectivity index (χ3v) is 3.25. The van der Waals surface area contributed by atoms with Crippen molar-refractivity contribution in [3.8, 4) is 11.4 Å². The van der Waals surface area contributed by atoms with E-state index in [2.05, 4.69) is 14.9 Å². The fourth-order valence-electron chi connectivity index (χ4n) is 2.10. The molecule has 0 aliphatic heterocycles. The summed E-state index contributed by atoms with van der Waals surface area (Å²) in [5.74, 6) is 0.170. The molecule has 1 heterocycles. The smallest absolute Gasteiger partial charge is 0.337 e. The maximum atomic E-state index is 11.4. The van der Waals surface area contributed by atoms with Crippen LogP contribution in [0.4, 0.5) is 5.69 Å². The van der Waals surface area contributed by atoms with E-state index in [9.17, 15) is 4.79 Å². The standard InChI is InChI=1S/C15H14N4O3/c1-21-14-8-13-12(7-11(14)16)17-19(18-13)10-5-3-9(4-6-10)15(20)22-2/h3-8H,16H2,1-2H3. The predicted octanol–water partition coefficient (Wildman–Crippen LogP) is 1.80. The van der Waals surface area contributed by atoms with Crippen molar-refractivity contribution in [3.05, 3.63) is 42.0 Å². The number of anilines is 1. The lowest BCUT2D eigenvalue weighted by molar-refractivity contribution is 0.0600. The van der Waals surface area contributed by atoms with Crippen LogP contribution in [0.3, 0.4) is 0 Å². The summed E-state index contributed by atoms with van der Waals surface area (Å²) in [4.78, 5) is 12.9. The number of carbonyl (C=O) groups is 1. The average Bonchev–Trinajstić information content (AvgIpc) is 2.96. The van der Waals surface area contributed by atoms with Crippen LogP contribution in [0.2, 0.25) is 0 Å². The summed E-state index contributed by atoms with van der Waals surface area (Å²) in [6, 6.07) is 10.2. The van der Waals surface area contributed by atoms with Gasteiger partial charge in [0.05, 0.1) is 31.2 Å². The first-order valence-corrected chi connectivity index (χ1v) is 6.51. The van der Waals surface area contributed by atoms with Crippen molar-refractivity contribution in [1.82, 2.24) is 15.0 Å². The number of fused-ring (bicyclic) bond motifs is 1. The first-order valence-electron chi connectivity index (χ1n) is 6.51. The van der Waals surface area contributed by atoms with E-state index in [1.165, 1.54) is 11.9 Å². The van der Waals surface area contributed by atoms with Gasteiger partial charge in [-0.25, -0.2) is 4.79 Å². The van der Waals surface area contributed by atoms with Crippen LogP contribution < -0.4 is 10.5 Å². The first-order chi connectivity index (χ1) is 10.6. The van der Waals surface area contributed by atoms with E-state index < -0.39 is 0 Å². The summed E-state index contributed by atoms with van der Waals surface area (Å²) in [5.41, 5.74) is 8.88. The molecule has 3 rings (SSSR count). The maximum Gasteiger partial charge on any atom is 0.337 e. The van der Waals surface area contributed by atoms with Gasteiger partial charge >= 0.3 is 5.97 Å². The van der Waals surface area contributed by atoms with Crippen LogP contribution >= 0.6 is 0 Å². The highest BCUT2D eigenvalue weighted by molar-refractivity contribution is 5.89. The minimum Gasteiger partial charge on any atom is -0.495 e.